The van der Waals surface area contributed by atoms with Crippen molar-refractivity contribution in [3.63, 3.8) is 0 Å². The van der Waals surface area contributed by atoms with Crippen molar-refractivity contribution >= 4 is 44.4 Å². The summed E-state index contributed by atoms with van der Waals surface area (Å²) in [5.74, 6) is -4.80. The summed E-state index contributed by atoms with van der Waals surface area (Å²) < 4.78 is 11.9. The minimum absolute atomic E-state index is 0.0675. The molecule has 3 fully saturated rings. The number of halogens is 1. The molecule has 6 rings (SSSR count). The Morgan fingerprint density at radius 2 is 1.75 bits per heavy atom. The molecular weight excluding hydrogens is 580 g/mol. The molecule has 1 saturated carbocycles. The van der Waals surface area contributed by atoms with Gasteiger partial charge in [0, 0.05) is 0 Å². The van der Waals surface area contributed by atoms with Crippen molar-refractivity contribution in [2.45, 2.75) is 65.7 Å². The van der Waals surface area contributed by atoms with Gasteiger partial charge in [-0.05, 0) is 0 Å². The second-order valence-electron chi connectivity index (χ2n) is 11.5. The number of aliphatic hydroxyl groups is 3. The van der Waals surface area contributed by atoms with Crippen molar-refractivity contribution in [1.82, 2.24) is 0 Å². The molecule has 192 valence electrons. The molecule has 0 aromatic heterocycles. The molecule has 1 amide bonds. The predicted octanol–water partition coefficient (Wildman–Crippen LogP) is 2.33. The van der Waals surface area contributed by atoms with Crippen LogP contribution in [0.25, 0.3) is 0 Å². The van der Waals surface area contributed by atoms with Gasteiger partial charge < -0.3 is 0 Å². The van der Waals surface area contributed by atoms with Crippen molar-refractivity contribution < 1.29 is 39.0 Å². The van der Waals surface area contributed by atoms with Gasteiger partial charge in [-0.2, -0.15) is 0 Å². The molecule has 0 aromatic rings. The van der Waals surface area contributed by atoms with Crippen LogP contribution in [0, 0.1) is 17.8 Å². The van der Waals surface area contributed by atoms with Gasteiger partial charge in [-0.15, -0.1) is 0 Å². The number of amides is 1. The van der Waals surface area contributed by atoms with E-state index in [1.165, 1.54) is 0 Å². The number of fused-ring (bicyclic) bond motifs is 3. The first-order valence-electron chi connectivity index (χ1n) is 12.1. The number of Topliss-reactive ketones (excluding diaryl/α,β-unsaturated/α-hetero) is 2. The Hall–Kier alpha value is -1.96. The van der Waals surface area contributed by atoms with Crippen LogP contribution in [0.2, 0.25) is 0 Å². The van der Waals surface area contributed by atoms with Crippen LogP contribution >= 0.6 is 19.8 Å². The quantitative estimate of drug-likeness (QED) is 0.161. The molecular formula is C25H29BINO8. The fourth-order valence-corrected chi connectivity index (χ4v) is 14.4. The molecule has 11 heteroatoms. The molecule has 0 bridgehead atoms. The maximum absolute atomic E-state index is 13.7. The van der Waals surface area contributed by atoms with Crippen LogP contribution in [-0.2, 0) is 23.7 Å². The number of nitrogens with two attached hydrogens (primary N) is 1. The Labute approximate surface area is 216 Å². The zero-order valence-corrected chi connectivity index (χ0v) is 22.7. The van der Waals surface area contributed by atoms with Gasteiger partial charge in [0.2, 0.25) is 0 Å². The number of rotatable bonds is 2. The first kappa shape index (κ1) is 24.4. The van der Waals surface area contributed by atoms with E-state index in [2.05, 4.69) is 0 Å². The van der Waals surface area contributed by atoms with Gasteiger partial charge in [-0.1, -0.05) is 0 Å². The number of carbonyl (C=O) groups excluding carboxylic acids is 3. The molecule has 4 aliphatic heterocycles. The van der Waals surface area contributed by atoms with Crippen LogP contribution in [0.1, 0.15) is 47.0 Å². The standard InChI is InChI=1S/C25H29BINO8/c1-23(2)24(3,4)36-26(35-23)12-5-6-25(34)21-20(32)16-10(8-13(12)27(21)25)7-11-9-14(29)17(22(28)33)19(31)15(11)18(16)30/h5-6,10-11,15,21,31-32,34H,7-9H2,1-4H3,(H2,28,33). The zero-order chi connectivity index (χ0) is 26.1. The van der Waals surface area contributed by atoms with Crippen molar-refractivity contribution in [1.29, 1.82) is 0 Å². The van der Waals surface area contributed by atoms with Crippen molar-refractivity contribution in [2.24, 2.45) is 23.5 Å². The van der Waals surface area contributed by atoms with Crippen molar-refractivity contribution in [3.8, 4) is 0 Å². The van der Waals surface area contributed by atoms with E-state index in [-0.39, 0.29) is 23.7 Å². The van der Waals surface area contributed by atoms with E-state index < -0.39 is 86.3 Å². The Morgan fingerprint density at radius 1 is 1.11 bits per heavy atom. The minimum atomic E-state index is -2.38. The Balaban J connectivity index is 1.43. The van der Waals surface area contributed by atoms with E-state index in [0.29, 0.717) is 12.8 Å². The summed E-state index contributed by atoms with van der Waals surface area (Å²) in [6.07, 6.45) is 4.32. The molecule has 5 unspecified atom stereocenters. The summed E-state index contributed by atoms with van der Waals surface area (Å²) in [6, 6.07) is 0. The third-order valence-corrected chi connectivity index (χ3v) is 16.3. The molecule has 4 heterocycles. The Morgan fingerprint density at radius 3 is 2.36 bits per heavy atom. The number of ketones is 2. The number of hydrogen-bond acceptors (Lipinski definition) is 8. The van der Waals surface area contributed by atoms with E-state index in [0.717, 1.165) is 9.05 Å². The summed E-state index contributed by atoms with van der Waals surface area (Å²) in [5.41, 5.74) is 4.74. The molecule has 2 aliphatic carbocycles. The van der Waals surface area contributed by atoms with Gasteiger partial charge in [-0.25, -0.2) is 0 Å². The number of allylic oxidation sites excluding steroid dienone is 5. The number of hydrogen-bond donors (Lipinski definition) is 4. The zero-order valence-electron chi connectivity index (χ0n) is 20.5. The Kier molecular flexibility index (Phi) is 4.96. The number of carbonyl (C=O) groups is 3. The summed E-state index contributed by atoms with van der Waals surface area (Å²) in [5, 5.41) is 33.5. The van der Waals surface area contributed by atoms with E-state index in [1.807, 2.05) is 33.8 Å². The summed E-state index contributed by atoms with van der Waals surface area (Å²) in [7, 11) is -0.624. The Bertz CT molecular complexity index is 1260. The first-order valence-corrected chi connectivity index (χ1v) is 15.5. The van der Waals surface area contributed by atoms with Crippen molar-refractivity contribution in [3.05, 3.63) is 43.9 Å². The average Bonchev–Trinajstić information content (AvgIpc) is 3.34. The molecule has 0 aromatic carbocycles. The molecule has 0 radical (unpaired) electrons. The van der Waals surface area contributed by atoms with Gasteiger partial charge in [-0.3, -0.25) is 0 Å². The van der Waals surface area contributed by atoms with E-state index in [9.17, 15) is 29.7 Å². The van der Waals surface area contributed by atoms with Crippen LogP contribution < -0.4 is 5.73 Å². The fraction of sp³-hybridized carbons (Fsp3) is 0.560. The second-order valence-corrected chi connectivity index (χ2v) is 17.5. The molecule has 6 aliphatic rings. The molecule has 36 heavy (non-hydrogen) atoms. The SMILES string of the molecule is CC1(C)OB(C2=C3CC4CC5CC(=O)C(C(N)=O)=C(O)C5C(=O)C4=C(O)C4I3C4(O)C=C2)OC1(C)C. The van der Waals surface area contributed by atoms with Gasteiger partial charge in [0.05, 0.1) is 0 Å². The molecule has 0 spiro atoms. The number of primary amides is 1. The maximum atomic E-state index is 13.7. The van der Waals surface area contributed by atoms with E-state index in [1.54, 1.807) is 6.08 Å². The molecule has 5 atom stereocenters. The van der Waals surface area contributed by atoms with Gasteiger partial charge in [0.1, 0.15) is 0 Å². The van der Waals surface area contributed by atoms with Gasteiger partial charge >= 0.3 is 216 Å². The van der Waals surface area contributed by atoms with E-state index in [4.69, 9.17) is 15.0 Å². The van der Waals surface area contributed by atoms with Gasteiger partial charge in [0.25, 0.3) is 0 Å². The monoisotopic (exact) mass is 609 g/mol. The summed E-state index contributed by atoms with van der Waals surface area (Å²) in [4.78, 5) is 38.1. The van der Waals surface area contributed by atoms with Crippen LogP contribution in [0.4, 0.5) is 0 Å². The predicted molar refractivity (Wildman–Crippen MR) is 138 cm³/mol. The van der Waals surface area contributed by atoms with Crippen LogP contribution in [0.5, 0.6) is 0 Å². The molecule has 5 N–H and O–H groups in total. The number of aliphatic hydroxyl groups excluding tert-OH is 2. The second kappa shape index (κ2) is 7.33. The summed E-state index contributed by atoms with van der Waals surface area (Å²) >= 11 is -2.38. The third kappa shape index (κ3) is 3.02. The van der Waals surface area contributed by atoms with Crippen LogP contribution in [-0.4, -0.2) is 58.6 Å². The first-order chi connectivity index (χ1) is 16.7. The fourth-order valence-electron chi connectivity index (χ4n) is 6.33. The van der Waals surface area contributed by atoms with Crippen molar-refractivity contribution in [2.75, 3.05) is 0 Å². The van der Waals surface area contributed by atoms with Crippen LogP contribution in [0.3, 0.4) is 0 Å². The molecule has 2 saturated heterocycles. The van der Waals surface area contributed by atoms with Crippen LogP contribution in [0.15, 0.2) is 43.9 Å². The summed E-state index contributed by atoms with van der Waals surface area (Å²) in [6.45, 7) is 7.88. The topological polar surface area (TPSA) is 156 Å². The normalized spacial score (nSPS) is 39.1. The third-order valence-electron chi connectivity index (χ3n) is 8.89. The average molecular weight is 609 g/mol. The molecule has 9 nitrogen and oxygen atoms in total. The van der Waals surface area contributed by atoms with E-state index >= 15 is 0 Å². The number of alkyl halides is 2. The van der Waals surface area contributed by atoms with Gasteiger partial charge in [0.15, 0.2) is 0 Å².